The number of hydrogen-bond acceptors (Lipinski definition) is 5. The number of thiazole rings is 1. The number of rotatable bonds is 2. The van der Waals surface area contributed by atoms with E-state index < -0.39 is 18.0 Å². The molecule has 2 rings (SSSR count). The van der Waals surface area contributed by atoms with Crippen LogP contribution < -0.4 is 5.32 Å². The molecule has 0 aromatic carbocycles. The van der Waals surface area contributed by atoms with Crippen LogP contribution in [0.3, 0.4) is 0 Å². The van der Waals surface area contributed by atoms with Crippen LogP contribution in [-0.4, -0.2) is 51.1 Å². The summed E-state index contributed by atoms with van der Waals surface area (Å²) in [6, 6.07) is -1.15. The van der Waals surface area contributed by atoms with Crippen LogP contribution in [-0.2, 0) is 4.79 Å². The third kappa shape index (κ3) is 2.89. The van der Waals surface area contributed by atoms with E-state index in [4.69, 9.17) is 5.11 Å². The Morgan fingerprint density at radius 2 is 2.41 bits per heavy atom. The number of anilines is 1. The molecule has 2 amide bonds. The van der Waals surface area contributed by atoms with Crippen molar-refractivity contribution < 1.29 is 14.7 Å². The molecule has 2 N–H and O–H groups in total. The number of amides is 2. The zero-order valence-electron chi connectivity index (χ0n) is 8.83. The Hall–Kier alpha value is -1.28. The topological polar surface area (TPSA) is 82.5 Å². The van der Waals surface area contributed by atoms with E-state index in [0.717, 1.165) is 5.75 Å². The summed E-state index contributed by atoms with van der Waals surface area (Å²) in [7, 11) is 0. The molecule has 0 saturated carbocycles. The van der Waals surface area contributed by atoms with Crippen LogP contribution in [0.25, 0.3) is 0 Å². The third-order valence-corrected chi connectivity index (χ3v) is 4.03. The van der Waals surface area contributed by atoms with Crippen LogP contribution >= 0.6 is 23.1 Å². The molecule has 92 valence electrons. The molecule has 1 aromatic rings. The van der Waals surface area contributed by atoms with Crippen molar-refractivity contribution in [3.05, 3.63) is 11.6 Å². The monoisotopic (exact) mass is 273 g/mol. The molecule has 6 nitrogen and oxygen atoms in total. The number of aromatic nitrogens is 1. The van der Waals surface area contributed by atoms with Crippen molar-refractivity contribution in [1.29, 1.82) is 0 Å². The Labute approximate surface area is 106 Å². The largest absolute Gasteiger partial charge is 0.480 e. The molecule has 8 heteroatoms. The maximum Gasteiger partial charge on any atom is 0.327 e. The molecule has 0 bridgehead atoms. The van der Waals surface area contributed by atoms with Gasteiger partial charge in [-0.25, -0.2) is 14.6 Å². The quantitative estimate of drug-likeness (QED) is 0.845. The Bertz CT molecular complexity index is 410. The Morgan fingerprint density at radius 1 is 1.59 bits per heavy atom. The average Bonchev–Trinajstić information content (AvgIpc) is 2.81. The Kier molecular flexibility index (Phi) is 3.85. The highest BCUT2D eigenvalue weighted by atomic mass is 32.2. The molecule has 1 atom stereocenters. The number of nitrogens with one attached hydrogen (secondary N) is 1. The first-order chi connectivity index (χ1) is 8.18. The number of carbonyl (C=O) groups excluding carboxylic acids is 1. The first-order valence-corrected chi connectivity index (χ1v) is 6.99. The van der Waals surface area contributed by atoms with Crippen molar-refractivity contribution in [2.45, 2.75) is 6.04 Å². The van der Waals surface area contributed by atoms with Crippen LogP contribution in [0.1, 0.15) is 0 Å². The number of carbonyl (C=O) groups is 2. The number of thioether (sulfide) groups is 1. The van der Waals surface area contributed by atoms with Crippen LogP contribution in [0.15, 0.2) is 11.6 Å². The SMILES string of the molecule is O=C(O)C1CSCCN1C(=O)Nc1nccs1. The number of hydrogen-bond donors (Lipinski definition) is 2. The number of aliphatic carboxylic acids is 1. The molecule has 1 aliphatic heterocycles. The third-order valence-electron chi connectivity index (χ3n) is 2.32. The smallest absolute Gasteiger partial charge is 0.327 e. The molecule has 1 aromatic heterocycles. The first-order valence-electron chi connectivity index (χ1n) is 4.96. The Morgan fingerprint density at radius 3 is 3.06 bits per heavy atom. The van der Waals surface area contributed by atoms with Gasteiger partial charge in [0.15, 0.2) is 5.13 Å². The second-order valence-electron chi connectivity index (χ2n) is 3.39. The van der Waals surface area contributed by atoms with Crippen molar-refractivity contribution in [3.63, 3.8) is 0 Å². The second kappa shape index (κ2) is 5.37. The number of urea groups is 1. The van der Waals surface area contributed by atoms with E-state index >= 15 is 0 Å². The van der Waals surface area contributed by atoms with Gasteiger partial charge in [0.1, 0.15) is 6.04 Å². The number of carboxylic acid groups (broad SMARTS) is 1. The van der Waals surface area contributed by atoms with Gasteiger partial charge in [-0.15, -0.1) is 11.3 Å². The first kappa shape index (κ1) is 12.2. The Balaban J connectivity index is 2.03. The molecule has 1 saturated heterocycles. The van der Waals surface area contributed by atoms with E-state index in [2.05, 4.69) is 10.3 Å². The normalized spacial score (nSPS) is 20.0. The summed E-state index contributed by atoms with van der Waals surface area (Å²) in [5.74, 6) is 0.224. The van der Waals surface area contributed by atoms with Crippen LogP contribution in [0.5, 0.6) is 0 Å². The van der Waals surface area contributed by atoms with Crippen LogP contribution in [0.4, 0.5) is 9.93 Å². The van der Waals surface area contributed by atoms with Gasteiger partial charge in [-0.2, -0.15) is 11.8 Å². The van der Waals surface area contributed by atoms with Crippen molar-refractivity contribution in [3.8, 4) is 0 Å². The van der Waals surface area contributed by atoms with Crippen molar-refractivity contribution in [2.75, 3.05) is 23.4 Å². The molecule has 1 unspecified atom stereocenters. The standard InChI is InChI=1S/C9H11N3O3S2/c13-7(14)6-5-16-4-2-12(6)9(15)11-8-10-1-3-17-8/h1,3,6H,2,4-5H2,(H,13,14)(H,10,11,15). The molecular formula is C9H11N3O3S2. The second-order valence-corrected chi connectivity index (χ2v) is 5.43. The molecule has 17 heavy (non-hydrogen) atoms. The van der Waals surface area contributed by atoms with Gasteiger partial charge in [-0.05, 0) is 0 Å². The predicted molar refractivity (Wildman–Crippen MR) is 66.6 cm³/mol. The molecule has 1 aliphatic rings. The molecule has 1 fully saturated rings. The summed E-state index contributed by atoms with van der Waals surface area (Å²) in [5.41, 5.74) is 0. The highest BCUT2D eigenvalue weighted by molar-refractivity contribution is 7.99. The van der Waals surface area contributed by atoms with E-state index in [1.807, 2.05) is 0 Å². The minimum atomic E-state index is -0.966. The zero-order chi connectivity index (χ0) is 12.3. The molecule has 0 spiro atoms. The molecule has 0 radical (unpaired) electrons. The van der Waals surface area contributed by atoms with Gasteiger partial charge in [0, 0.05) is 29.6 Å². The summed E-state index contributed by atoms with van der Waals surface area (Å²) in [6.07, 6.45) is 1.58. The minimum Gasteiger partial charge on any atom is -0.480 e. The average molecular weight is 273 g/mol. The van der Waals surface area contributed by atoms with Gasteiger partial charge in [-0.1, -0.05) is 0 Å². The van der Waals surface area contributed by atoms with Gasteiger partial charge >= 0.3 is 12.0 Å². The van der Waals surface area contributed by atoms with E-state index in [-0.39, 0.29) is 0 Å². The summed E-state index contributed by atoms with van der Waals surface area (Å²) in [4.78, 5) is 28.2. The van der Waals surface area contributed by atoms with Crippen LogP contribution in [0, 0.1) is 0 Å². The summed E-state index contributed by atoms with van der Waals surface area (Å²) in [5, 5.41) is 13.9. The van der Waals surface area contributed by atoms with Gasteiger partial charge in [0.2, 0.25) is 0 Å². The van der Waals surface area contributed by atoms with Gasteiger partial charge < -0.3 is 10.0 Å². The minimum absolute atomic E-state index is 0.396. The van der Waals surface area contributed by atoms with Gasteiger partial charge in [0.05, 0.1) is 0 Å². The lowest BCUT2D eigenvalue weighted by Gasteiger charge is -2.32. The van der Waals surface area contributed by atoms with Crippen LogP contribution in [0.2, 0.25) is 0 Å². The highest BCUT2D eigenvalue weighted by Gasteiger charge is 2.32. The fourth-order valence-electron chi connectivity index (χ4n) is 1.50. The molecular weight excluding hydrogens is 262 g/mol. The summed E-state index contributed by atoms with van der Waals surface area (Å²) < 4.78 is 0. The van der Waals surface area contributed by atoms with Crippen molar-refractivity contribution in [2.24, 2.45) is 0 Å². The maximum atomic E-state index is 11.9. The lowest BCUT2D eigenvalue weighted by molar-refractivity contribution is -0.141. The lowest BCUT2D eigenvalue weighted by Crippen LogP contribution is -2.51. The summed E-state index contributed by atoms with van der Waals surface area (Å²) in [6.45, 7) is 0.443. The van der Waals surface area contributed by atoms with E-state index in [1.54, 1.807) is 23.3 Å². The lowest BCUT2D eigenvalue weighted by atomic mass is 10.3. The van der Waals surface area contributed by atoms with E-state index in [1.165, 1.54) is 16.2 Å². The van der Waals surface area contributed by atoms with E-state index in [9.17, 15) is 9.59 Å². The summed E-state index contributed by atoms with van der Waals surface area (Å²) >= 11 is 2.85. The van der Waals surface area contributed by atoms with Gasteiger partial charge in [-0.3, -0.25) is 5.32 Å². The number of carboxylic acids is 1. The van der Waals surface area contributed by atoms with Crippen molar-refractivity contribution in [1.82, 2.24) is 9.88 Å². The fraction of sp³-hybridized carbons (Fsp3) is 0.444. The molecule has 0 aliphatic carbocycles. The fourth-order valence-corrected chi connectivity index (χ4v) is 3.06. The molecule has 2 heterocycles. The predicted octanol–water partition coefficient (Wildman–Crippen LogP) is 1.18. The number of nitrogens with zero attached hydrogens (tertiary/aromatic N) is 2. The highest BCUT2D eigenvalue weighted by Crippen LogP contribution is 2.19. The van der Waals surface area contributed by atoms with E-state index in [0.29, 0.717) is 17.4 Å². The maximum absolute atomic E-state index is 11.9. The van der Waals surface area contributed by atoms with Crippen molar-refractivity contribution >= 4 is 40.2 Å². The van der Waals surface area contributed by atoms with Gasteiger partial charge in [0.25, 0.3) is 0 Å². The zero-order valence-corrected chi connectivity index (χ0v) is 10.5.